The number of benzene rings is 1. The lowest BCUT2D eigenvalue weighted by molar-refractivity contribution is -0.109. The summed E-state index contributed by atoms with van der Waals surface area (Å²) in [6.45, 7) is 11.0. The topological polar surface area (TPSA) is 41.6 Å². The number of nitrogens with zero attached hydrogens (tertiary/aromatic N) is 1. The first-order valence-corrected chi connectivity index (χ1v) is 8.87. The highest BCUT2D eigenvalue weighted by Crippen LogP contribution is 2.29. The molecule has 136 valence electrons. The lowest BCUT2D eigenvalue weighted by Crippen LogP contribution is -2.44. The minimum atomic E-state index is -0.233. The summed E-state index contributed by atoms with van der Waals surface area (Å²) in [5.41, 5.74) is 1.00. The number of rotatable bonds is 7. The summed E-state index contributed by atoms with van der Waals surface area (Å²) in [6, 6.07) is 5.88. The Kier molecular flexibility index (Phi) is 9.38. The van der Waals surface area contributed by atoms with Crippen molar-refractivity contribution in [3.8, 4) is 5.75 Å². The number of ether oxygens (including phenoxy) is 1. The van der Waals surface area contributed by atoms with E-state index >= 15 is 0 Å². The summed E-state index contributed by atoms with van der Waals surface area (Å²) in [4.78, 5) is 12.0. The standard InChI is InChI=1S/C15H22FNO.C4H9NO/c1-3-8-17(9-4-2)13-10-12-6-5-7-14(16)15(12)18-11-13;1-4(2)5-3-6/h5-7,13H,3-4,8-11H2,1-2H3;3-4H,1-2H3,(H,5,6). The van der Waals surface area contributed by atoms with E-state index in [1.54, 1.807) is 6.07 Å². The SMILES string of the molecule is CC(C)NC=O.CCCN(CCC)C1COc2c(F)cccc2C1. The summed E-state index contributed by atoms with van der Waals surface area (Å²) < 4.78 is 19.2. The number of halogens is 1. The molecule has 1 aliphatic rings. The zero-order chi connectivity index (χ0) is 17.9. The van der Waals surface area contributed by atoms with Gasteiger partial charge in [-0.2, -0.15) is 0 Å². The molecule has 0 radical (unpaired) electrons. The Morgan fingerprint density at radius 3 is 2.50 bits per heavy atom. The van der Waals surface area contributed by atoms with Gasteiger partial charge in [0, 0.05) is 12.1 Å². The second-order valence-electron chi connectivity index (χ2n) is 6.37. The van der Waals surface area contributed by atoms with Crippen LogP contribution in [0.5, 0.6) is 5.75 Å². The molecule has 0 bridgehead atoms. The number of fused-ring (bicyclic) bond motifs is 1. The van der Waals surface area contributed by atoms with Crippen LogP contribution >= 0.6 is 0 Å². The van der Waals surface area contributed by atoms with Gasteiger partial charge in [-0.3, -0.25) is 9.69 Å². The van der Waals surface area contributed by atoms with Crippen LogP contribution < -0.4 is 10.1 Å². The fourth-order valence-electron chi connectivity index (χ4n) is 2.79. The van der Waals surface area contributed by atoms with Crippen molar-refractivity contribution in [2.24, 2.45) is 0 Å². The largest absolute Gasteiger partial charge is 0.489 e. The van der Waals surface area contributed by atoms with Gasteiger partial charge >= 0.3 is 0 Å². The number of para-hydroxylation sites is 1. The van der Waals surface area contributed by atoms with Crippen molar-refractivity contribution in [2.75, 3.05) is 19.7 Å². The van der Waals surface area contributed by atoms with Gasteiger partial charge in [0.2, 0.25) is 6.41 Å². The van der Waals surface area contributed by atoms with Gasteiger partial charge in [-0.15, -0.1) is 0 Å². The van der Waals surface area contributed by atoms with Crippen LogP contribution in [0.25, 0.3) is 0 Å². The average molecular weight is 338 g/mol. The molecule has 0 aromatic heterocycles. The first kappa shape index (κ1) is 20.4. The summed E-state index contributed by atoms with van der Waals surface area (Å²) >= 11 is 0. The van der Waals surface area contributed by atoms with Gasteiger partial charge in [0.05, 0.1) is 0 Å². The third-order valence-electron chi connectivity index (χ3n) is 3.86. The van der Waals surface area contributed by atoms with Crippen molar-refractivity contribution in [1.82, 2.24) is 10.2 Å². The Hall–Kier alpha value is -1.62. The van der Waals surface area contributed by atoms with Crippen molar-refractivity contribution < 1.29 is 13.9 Å². The highest BCUT2D eigenvalue weighted by Gasteiger charge is 2.26. The van der Waals surface area contributed by atoms with Gasteiger partial charge in [0.15, 0.2) is 11.6 Å². The average Bonchev–Trinajstić information content (AvgIpc) is 2.55. The van der Waals surface area contributed by atoms with E-state index in [0.29, 0.717) is 24.8 Å². The number of carbonyl (C=O) groups is 1. The van der Waals surface area contributed by atoms with Gasteiger partial charge in [-0.25, -0.2) is 4.39 Å². The molecular formula is C19H31FN2O2. The van der Waals surface area contributed by atoms with Gasteiger partial charge in [-0.1, -0.05) is 26.0 Å². The summed E-state index contributed by atoms with van der Waals surface area (Å²) in [5.74, 6) is 0.227. The van der Waals surface area contributed by atoms with Gasteiger partial charge in [0.1, 0.15) is 6.61 Å². The van der Waals surface area contributed by atoms with Gasteiger partial charge in [-0.05, 0) is 57.8 Å². The van der Waals surface area contributed by atoms with Crippen LogP contribution in [0.15, 0.2) is 18.2 Å². The van der Waals surface area contributed by atoms with Crippen molar-refractivity contribution in [1.29, 1.82) is 0 Å². The zero-order valence-corrected chi connectivity index (χ0v) is 15.3. The molecular weight excluding hydrogens is 307 g/mol. The molecule has 1 atom stereocenters. The Morgan fingerprint density at radius 1 is 1.33 bits per heavy atom. The first-order valence-electron chi connectivity index (χ1n) is 8.87. The van der Waals surface area contributed by atoms with Crippen LogP contribution in [0, 0.1) is 5.82 Å². The van der Waals surface area contributed by atoms with E-state index < -0.39 is 0 Å². The third kappa shape index (κ3) is 6.48. The number of amides is 1. The Labute approximate surface area is 145 Å². The summed E-state index contributed by atoms with van der Waals surface area (Å²) in [7, 11) is 0. The fourth-order valence-corrected chi connectivity index (χ4v) is 2.79. The van der Waals surface area contributed by atoms with Crippen LogP contribution in [-0.4, -0.2) is 43.1 Å². The molecule has 1 aliphatic heterocycles. The number of nitrogens with one attached hydrogen (secondary N) is 1. The van der Waals surface area contributed by atoms with Crippen LogP contribution in [-0.2, 0) is 11.2 Å². The van der Waals surface area contributed by atoms with Crippen molar-refractivity contribution in [2.45, 2.75) is 59.0 Å². The smallest absolute Gasteiger partial charge is 0.207 e. The van der Waals surface area contributed by atoms with Crippen LogP contribution in [0.2, 0.25) is 0 Å². The Bertz CT molecular complexity index is 488. The van der Waals surface area contributed by atoms with Gasteiger partial charge in [0.25, 0.3) is 0 Å². The molecule has 1 aromatic rings. The molecule has 1 heterocycles. The van der Waals surface area contributed by atoms with E-state index in [1.165, 1.54) is 6.07 Å². The summed E-state index contributed by atoms with van der Waals surface area (Å²) in [5, 5.41) is 2.53. The molecule has 0 saturated carbocycles. The molecule has 4 nitrogen and oxygen atoms in total. The van der Waals surface area contributed by atoms with E-state index in [1.807, 2.05) is 19.9 Å². The normalized spacial score (nSPS) is 16.0. The predicted molar refractivity (Wildman–Crippen MR) is 95.9 cm³/mol. The fraction of sp³-hybridized carbons (Fsp3) is 0.632. The molecule has 0 fully saturated rings. The van der Waals surface area contributed by atoms with E-state index in [9.17, 15) is 9.18 Å². The maximum Gasteiger partial charge on any atom is 0.207 e. The predicted octanol–water partition coefficient (Wildman–Crippen LogP) is 3.39. The molecule has 24 heavy (non-hydrogen) atoms. The monoisotopic (exact) mass is 338 g/mol. The lowest BCUT2D eigenvalue weighted by atomic mass is 10.0. The molecule has 1 aromatic carbocycles. The van der Waals surface area contributed by atoms with Crippen LogP contribution in [0.1, 0.15) is 46.1 Å². The van der Waals surface area contributed by atoms with Crippen molar-refractivity contribution >= 4 is 6.41 Å². The molecule has 0 saturated heterocycles. The Balaban J connectivity index is 0.000000413. The maximum absolute atomic E-state index is 13.6. The van der Waals surface area contributed by atoms with Gasteiger partial charge < -0.3 is 10.1 Å². The van der Waals surface area contributed by atoms with E-state index in [0.717, 1.165) is 37.9 Å². The van der Waals surface area contributed by atoms with Crippen molar-refractivity contribution in [3.63, 3.8) is 0 Å². The summed E-state index contributed by atoms with van der Waals surface area (Å²) in [6.07, 6.45) is 3.89. The Morgan fingerprint density at radius 2 is 2.00 bits per heavy atom. The maximum atomic E-state index is 13.6. The van der Waals surface area contributed by atoms with Crippen LogP contribution in [0.3, 0.4) is 0 Å². The lowest BCUT2D eigenvalue weighted by Gasteiger charge is -2.34. The number of hydrogen-bond acceptors (Lipinski definition) is 3. The zero-order valence-electron chi connectivity index (χ0n) is 15.3. The quantitative estimate of drug-likeness (QED) is 0.775. The molecule has 5 heteroatoms. The van der Waals surface area contributed by atoms with E-state index in [-0.39, 0.29) is 11.9 Å². The molecule has 1 N–H and O–H groups in total. The van der Waals surface area contributed by atoms with E-state index in [2.05, 4.69) is 24.1 Å². The highest BCUT2D eigenvalue weighted by molar-refractivity contribution is 5.46. The molecule has 0 spiro atoms. The second kappa shape index (κ2) is 11.0. The number of hydrogen-bond donors (Lipinski definition) is 1. The second-order valence-corrected chi connectivity index (χ2v) is 6.37. The third-order valence-corrected chi connectivity index (χ3v) is 3.86. The molecule has 2 rings (SSSR count). The molecule has 1 unspecified atom stereocenters. The first-order chi connectivity index (χ1) is 11.5. The van der Waals surface area contributed by atoms with Crippen molar-refractivity contribution in [3.05, 3.63) is 29.6 Å². The number of carbonyl (C=O) groups excluding carboxylic acids is 1. The van der Waals surface area contributed by atoms with Crippen LogP contribution in [0.4, 0.5) is 4.39 Å². The highest BCUT2D eigenvalue weighted by atomic mass is 19.1. The molecule has 1 amide bonds. The molecule has 0 aliphatic carbocycles. The van der Waals surface area contributed by atoms with E-state index in [4.69, 9.17) is 4.74 Å². The minimum absolute atomic E-state index is 0.233. The minimum Gasteiger partial charge on any atom is -0.489 e.